The fourth-order valence-electron chi connectivity index (χ4n) is 2.12. The summed E-state index contributed by atoms with van der Waals surface area (Å²) in [5, 5.41) is 6.89. The van der Waals surface area contributed by atoms with Crippen LogP contribution in [0.3, 0.4) is 0 Å². The lowest BCUT2D eigenvalue weighted by molar-refractivity contribution is -0.141. The quantitative estimate of drug-likeness (QED) is 0.793. The van der Waals surface area contributed by atoms with Crippen molar-refractivity contribution < 1.29 is 13.2 Å². The van der Waals surface area contributed by atoms with Crippen molar-refractivity contribution in [3.63, 3.8) is 0 Å². The van der Waals surface area contributed by atoms with E-state index in [0.717, 1.165) is 23.5 Å². The van der Waals surface area contributed by atoms with Crippen molar-refractivity contribution in [1.82, 2.24) is 24.7 Å². The van der Waals surface area contributed by atoms with Gasteiger partial charge >= 0.3 is 6.18 Å². The maximum atomic E-state index is 12.7. The number of aromatic nitrogens is 5. The van der Waals surface area contributed by atoms with E-state index < -0.39 is 11.9 Å². The van der Waals surface area contributed by atoms with E-state index in [9.17, 15) is 13.2 Å². The lowest BCUT2D eigenvalue weighted by Gasteiger charge is -2.15. The Labute approximate surface area is 135 Å². The number of nitrogens with one attached hydrogen (secondary N) is 1. The van der Waals surface area contributed by atoms with Crippen LogP contribution < -0.4 is 5.32 Å². The number of alkyl halides is 3. The predicted molar refractivity (Wildman–Crippen MR) is 80.4 cm³/mol. The summed E-state index contributed by atoms with van der Waals surface area (Å²) in [4.78, 5) is 11.2. The second-order valence-corrected chi connectivity index (χ2v) is 5.06. The lowest BCUT2D eigenvalue weighted by atomic mass is 10.1. The molecule has 0 aliphatic carbocycles. The molecule has 0 radical (unpaired) electrons. The van der Waals surface area contributed by atoms with Gasteiger partial charge in [0.25, 0.3) is 0 Å². The first-order valence-corrected chi connectivity index (χ1v) is 7.05. The molecule has 1 aromatic carbocycles. The highest BCUT2D eigenvalue weighted by molar-refractivity contribution is 5.38. The first-order valence-electron chi connectivity index (χ1n) is 7.05. The van der Waals surface area contributed by atoms with Crippen LogP contribution in [-0.2, 0) is 6.18 Å². The standard InChI is InChI=1S/C15H13F3N6/c1-10(22-14-20-7-6-13(23-14)15(16,17)18)11-2-4-12(5-3-11)24-9-19-8-21-24/h2-10H,1H3,(H,20,22,23). The van der Waals surface area contributed by atoms with Crippen LogP contribution in [0.5, 0.6) is 0 Å². The Hall–Kier alpha value is -2.97. The average Bonchev–Trinajstić information content (AvgIpc) is 3.09. The molecule has 0 saturated heterocycles. The first kappa shape index (κ1) is 15.9. The zero-order valence-corrected chi connectivity index (χ0v) is 12.6. The van der Waals surface area contributed by atoms with E-state index >= 15 is 0 Å². The molecule has 0 bridgehead atoms. The van der Waals surface area contributed by atoms with Gasteiger partial charge in [-0.05, 0) is 30.7 Å². The maximum Gasteiger partial charge on any atom is 0.433 e. The molecule has 0 amide bonds. The third-order valence-electron chi connectivity index (χ3n) is 3.37. The summed E-state index contributed by atoms with van der Waals surface area (Å²) in [6.45, 7) is 1.81. The van der Waals surface area contributed by atoms with Crippen molar-refractivity contribution in [2.24, 2.45) is 0 Å². The number of halogens is 3. The van der Waals surface area contributed by atoms with Crippen LogP contribution in [0, 0.1) is 0 Å². The van der Waals surface area contributed by atoms with Crippen molar-refractivity contribution in [2.75, 3.05) is 5.32 Å². The Bertz CT molecular complexity index is 799. The van der Waals surface area contributed by atoms with Crippen molar-refractivity contribution >= 4 is 5.95 Å². The van der Waals surface area contributed by atoms with Gasteiger partial charge in [-0.25, -0.2) is 19.6 Å². The van der Waals surface area contributed by atoms with E-state index in [1.807, 2.05) is 31.2 Å². The minimum atomic E-state index is -4.50. The van der Waals surface area contributed by atoms with E-state index in [1.165, 1.54) is 6.33 Å². The number of hydrogen-bond acceptors (Lipinski definition) is 5. The third-order valence-corrected chi connectivity index (χ3v) is 3.37. The fourth-order valence-corrected chi connectivity index (χ4v) is 2.12. The highest BCUT2D eigenvalue weighted by Crippen LogP contribution is 2.28. The normalized spacial score (nSPS) is 12.8. The summed E-state index contributed by atoms with van der Waals surface area (Å²) < 4.78 is 39.6. The zero-order valence-electron chi connectivity index (χ0n) is 12.6. The average molecular weight is 334 g/mol. The topological polar surface area (TPSA) is 68.5 Å². The molecule has 9 heteroatoms. The van der Waals surface area contributed by atoms with Crippen LogP contribution in [0.2, 0.25) is 0 Å². The van der Waals surface area contributed by atoms with E-state index in [4.69, 9.17) is 0 Å². The van der Waals surface area contributed by atoms with Gasteiger partial charge < -0.3 is 5.32 Å². The number of anilines is 1. The van der Waals surface area contributed by atoms with Gasteiger partial charge in [0.05, 0.1) is 11.7 Å². The van der Waals surface area contributed by atoms with Gasteiger partial charge in [-0.15, -0.1) is 0 Å². The van der Waals surface area contributed by atoms with Gasteiger partial charge in [0.15, 0.2) is 0 Å². The molecule has 124 valence electrons. The monoisotopic (exact) mass is 334 g/mol. The van der Waals surface area contributed by atoms with Crippen molar-refractivity contribution in [3.05, 3.63) is 60.4 Å². The first-order chi connectivity index (χ1) is 11.4. The molecular weight excluding hydrogens is 321 g/mol. The summed E-state index contributed by atoms with van der Waals surface area (Å²) in [5.41, 5.74) is 0.729. The summed E-state index contributed by atoms with van der Waals surface area (Å²) in [6.07, 6.45) is -0.406. The Balaban J connectivity index is 1.74. The second-order valence-electron chi connectivity index (χ2n) is 5.06. The summed E-state index contributed by atoms with van der Waals surface area (Å²) >= 11 is 0. The van der Waals surface area contributed by atoms with Crippen LogP contribution >= 0.6 is 0 Å². The molecule has 0 saturated carbocycles. The van der Waals surface area contributed by atoms with Crippen LogP contribution in [-0.4, -0.2) is 24.7 Å². The second kappa shape index (κ2) is 6.26. The van der Waals surface area contributed by atoms with Gasteiger partial charge in [0, 0.05) is 6.20 Å². The number of rotatable bonds is 4. The minimum absolute atomic E-state index is 0.0716. The third kappa shape index (κ3) is 3.50. The Kier molecular flexibility index (Phi) is 4.15. The van der Waals surface area contributed by atoms with Gasteiger partial charge in [-0.2, -0.15) is 18.3 Å². The number of nitrogens with zero attached hydrogens (tertiary/aromatic N) is 5. The Morgan fingerprint density at radius 2 is 1.88 bits per heavy atom. The molecule has 3 aromatic rings. The van der Waals surface area contributed by atoms with E-state index in [-0.39, 0.29) is 12.0 Å². The van der Waals surface area contributed by atoms with Crippen LogP contribution in [0.15, 0.2) is 49.2 Å². The van der Waals surface area contributed by atoms with Crippen molar-refractivity contribution in [3.8, 4) is 5.69 Å². The smallest absolute Gasteiger partial charge is 0.348 e. The Morgan fingerprint density at radius 3 is 2.50 bits per heavy atom. The highest BCUT2D eigenvalue weighted by Gasteiger charge is 2.32. The molecular formula is C15H13F3N6. The fraction of sp³-hybridized carbons (Fsp3) is 0.200. The van der Waals surface area contributed by atoms with Gasteiger partial charge in [-0.1, -0.05) is 12.1 Å². The molecule has 2 heterocycles. The molecule has 2 aromatic heterocycles. The van der Waals surface area contributed by atoms with Gasteiger partial charge in [0.1, 0.15) is 18.3 Å². The predicted octanol–water partition coefficient (Wildman–Crippen LogP) is 3.25. The van der Waals surface area contributed by atoms with Crippen molar-refractivity contribution in [1.29, 1.82) is 0 Å². The molecule has 3 rings (SSSR count). The molecule has 1 unspecified atom stereocenters. The number of hydrogen-bond donors (Lipinski definition) is 1. The molecule has 1 N–H and O–H groups in total. The minimum Gasteiger partial charge on any atom is -0.348 e. The zero-order chi connectivity index (χ0) is 17.2. The number of benzene rings is 1. The maximum absolute atomic E-state index is 12.7. The molecule has 24 heavy (non-hydrogen) atoms. The van der Waals surface area contributed by atoms with Crippen LogP contribution in [0.4, 0.5) is 19.1 Å². The molecule has 0 aliphatic heterocycles. The van der Waals surface area contributed by atoms with E-state index in [0.29, 0.717) is 0 Å². The summed E-state index contributed by atoms with van der Waals surface area (Å²) in [5.74, 6) is -0.0716. The molecule has 0 aliphatic rings. The summed E-state index contributed by atoms with van der Waals surface area (Å²) in [7, 11) is 0. The lowest BCUT2D eigenvalue weighted by Crippen LogP contribution is -2.13. The largest absolute Gasteiger partial charge is 0.433 e. The molecule has 6 nitrogen and oxygen atoms in total. The van der Waals surface area contributed by atoms with E-state index in [2.05, 4.69) is 25.4 Å². The van der Waals surface area contributed by atoms with Crippen LogP contribution in [0.1, 0.15) is 24.2 Å². The van der Waals surface area contributed by atoms with Crippen molar-refractivity contribution in [2.45, 2.75) is 19.1 Å². The molecule has 0 fully saturated rings. The summed E-state index contributed by atoms with van der Waals surface area (Å²) in [6, 6.07) is 7.95. The highest BCUT2D eigenvalue weighted by atomic mass is 19.4. The molecule has 1 atom stereocenters. The van der Waals surface area contributed by atoms with Gasteiger partial charge in [-0.3, -0.25) is 0 Å². The Morgan fingerprint density at radius 1 is 1.12 bits per heavy atom. The molecule has 0 spiro atoms. The van der Waals surface area contributed by atoms with Crippen LogP contribution in [0.25, 0.3) is 5.69 Å². The SMILES string of the molecule is CC(Nc1nccc(C(F)(F)F)n1)c1ccc(-n2cncn2)cc1. The van der Waals surface area contributed by atoms with E-state index in [1.54, 1.807) is 11.0 Å². The van der Waals surface area contributed by atoms with Gasteiger partial charge in [0.2, 0.25) is 5.95 Å².